The van der Waals surface area contributed by atoms with Crippen LogP contribution < -0.4 is 11.1 Å². The highest BCUT2D eigenvalue weighted by Crippen LogP contribution is 2.17. The molecule has 2 heterocycles. The van der Waals surface area contributed by atoms with Crippen LogP contribution in [0.2, 0.25) is 0 Å². The molecular formula is C14H24N4O. The van der Waals surface area contributed by atoms with Crippen LogP contribution in [-0.2, 0) is 0 Å². The number of likely N-dealkylation sites (tertiary alicyclic amines) is 1. The van der Waals surface area contributed by atoms with E-state index in [1.165, 1.54) is 6.42 Å². The van der Waals surface area contributed by atoms with Gasteiger partial charge in [0.25, 0.3) is 5.91 Å². The number of nitrogens with zero attached hydrogens (tertiary/aromatic N) is 2. The molecule has 19 heavy (non-hydrogen) atoms. The van der Waals surface area contributed by atoms with Crippen molar-refractivity contribution in [1.82, 2.24) is 14.8 Å². The number of nitrogen functional groups attached to an aromatic ring is 1. The van der Waals surface area contributed by atoms with Gasteiger partial charge in [-0.1, -0.05) is 0 Å². The standard InChI is InChI=1S/C14H24N4O/c1-10(2)18-9-11(15)7-13(18)14(19)16-8-12-5-4-6-17(12)3/h7,9-10,12H,4-6,8,15H2,1-3H3,(H,16,19). The fourth-order valence-corrected chi connectivity index (χ4v) is 2.65. The summed E-state index contributed by atoms with van der Waals surface area (Å²) in [6.45, 7) is 5.91. The summed E-state index contributed by atoms with van der Waals surface area (Å²) in [5.41, 5.74) is 7.07. The quantitative estimate of drug-likeness (QED) is 0.865. The Balaban J connectivity index is 1.99. The zero-order chi connectivity index (χ0) is 14.0. The van der Waals surface area contributed by atoms with Crippen LogP contribution in [0.15, 0.2) is 12.3 Å². The van der Waals surface area contributed by atoms with Crippen molar-refractivity contribution in [3.63, 3.8) is 0 Å². The van der Waals surface area contributed by atoms with E-state index in [1.54, 1.807) is 6.07 Å². The second-order valence-electron chi connectivity index (χ2n) is 5.65. The normalized spacial score (nSPS) is 20.1. The Kier molecular flexibility index (Phi) is 4.14. The van der Waals surface area contributed by atoms with E-state index in [9.17, 15) is 4.79 Å². The molecule has 1 aromatic rings. The highest BCUT2D eigenvalue weighted by molar-refractivity contribution is 5.93. The largest absolute Gasteiger partial charge is 0.397 e. The molecule has 2 rings (SSSR count). The van der Waals surface area contributed by atoms with Gasteiger partial charge in [-0.25, -0.2) is 0 Å². The van der Waals surface area contributed by atoms with Gasteiger partial charge < -0.3 is 20.5 Å². The predicted molar refractivity (Wildman–Crippen MR) is 77.2 cm³/mol. The summed E-state index contributed by atoms with van der Waals surface area (Å²) in [5, 5.41) is 3.02. The lowest BCUT2D eigenvalue weighted by Gasteiger charge is -2.20. The number of nitrogens with two attached hydrogens (primary N) is 1. The Morgan fingerprint density at radius 3 is 2.89 bits per heavy atom. The Morgan fingerprint density at radius 2 is 2.32 bits per heavy atom. The van der Waals surface area contributed by atoms with Crippen molar-refractivity contribution in [2.45, 2.75) is 38.8 Å². The number of carbonyl (C=O) groups is 1. The van der Waals surface area contributed by atoms with Crippen molar-refractivity contribution in [2.75, 3.05) is 25.9 Å². The summed E-state index contributed by atoms with van der Waals surface area (Å²) < 4.78 is 1.92. The average Bonchev–Trinajstić information content (AvgIpc) is 2.92. The summed E-state index contributed by atoms with van der Waals surface area (Å²) in [5.74, 6) is -0.0364. The number of hydrogen-bond donors (Lipinski definition) is 2. The van der Waals surface area contributed by atoms with Crippen LogP contribution in [0.5, 0.6) is 0 Å². The molecule has 0 aromatic carbocycles. The van der Waals surface area contributed by atoms with Gasteiger partial charge >= 0.3 is 0 Å². The Bertz CT molecular complexity index is 452. The molecule has 5 nitrogen and oxygen atoms in total. The van der Waals surface area contributed by atoms with Crippen molar-refractivity contribution in [3.05, 3.63) is 18.0 Å². The molecule has 0 bridgehead atoms. The second kappa shape index (κ2) is 5.65. The van der Waals surface area contributed by atoms with Gasteiger partial charge in [0.15, 0.2) is 0 Å². The van der Waals surface area contributed by atoms with E-state index in [-0.39, 0.29) is 11.9 Å². The minimum Gasteiger partial charge on any atom is -0.397 e. The third kappa shape index (κ3) is 3.10. The molecule has 106 valence electrons. The summed E-state index contributed by atoms with van der Waals surface area (Å²) in [6, 6.07) is 2.43. The molecule has 1 saturated heterocycles. The lowest BCUT2D eigenvalue weighted by Crippen LogP contribution is -2.38. The number of carbonyl (C=O) groups excluding carboxylic acids is 1. The molecule has 1 aliphatic rings. The fraction of sp³-hybridized carbons (Fsp3) is 0.643. The van der Waals surface area contributed by atoms with Gasteiger partial charge in [-0.05, 0) is 46.3 Å². The smallest absolute Gasteiger partial charge is 0.268 e. The van der Waals surface area contributed by atoms with Gasteiger partial charge in [0.2, 0.25) is 0 Å². The van der Waals surface area contributed by atoms with E-state index >= 15 is 0 Å². The van der Waals surface area contributed by atoms with E-state index in [1.807, 2.05) is 24.6 Å². The van der Waals surface area contributed by atoms with Crippen molar-refractivity contribution < 1.29 is 4.79 Å². The third-order valence-electron chi connectivity index (χ3n) is 3.83. The molecule has 0 saturated carbocycles. The van der Waals surface area contributed by atoms with Gasteiger partial charge in [-0.15, -0.1) is 0 Å². The summed E-state index contributed by atoms with van der Waals surface area (Å²) in [7, 11) is 2.11. The van der Waals surface area contributed by atoms with E-state index in [0.29, 0.717) is 24.0 Å². The predicted octanol–water partition coefficient (Wildman–Crippen LogP) is 1.48. The first-order chi connectivity index (χ1) is 8.99. The highest BCUT2D eigenvalue weighted by Gasteiger charge is 2.22. The van der Waals surface area contributed by atoms with Gasteiger partial charge in [-0.3, -0.25) is 4.79 Å². The summed E-state index contributed by atoms with van der Waals surface area (Å²) >= 11 is 0. The Hall–Kier alpha value is -1.49. The summed E-state index contributed by atoms with van der Waals surface area (Å²) in [6.07, 6.45) is 4.19. The molecule has 5 heteroatoms. The lowest BCUT2D eigenvalue weighted by atomic mass is 10.2. The van der Waals surface area contributed by atoms with Crippen LogP contribution >= 0.6 is 0 Å². The van der Waals surface area contributed by atoms with E-state index in [0.717, 1.165) is 13.0 Å². The van der Waals surface area contributed by atoms with E-state index < -0.39 is 0 Å². The minimum atomic E-state index is -0.0364. The van der Waals surface area contributed by atoms with Crippen LogP contribution in [0.1, 0.15) is 43.2 Å². The first-order valence-electron chi connectivity index (χ1n) is 6.95. The van der Waals surface area contributed by atoms with Crippen molar-refractivity contribution in [3.8, 4) is 0 Å². The van der Waals surface area contributed by atoms with Crippen LogP contribution in [0, 0.1) is 0 Å². The van der Waals surface area contributed by atoms with E-state index in [2.05, 4.69) is 17.3 Å². The first kappa shape index (κ1) is 13.9. The average molecular weight is 264 g/mol. The van der Waals surface area contributed by atoms with Crippen molar-refractivity contribution in [2.24, 2.45) is 0 Å². The molecule has 1 unspecified atom stereocenters. The maximum Gasteiger partial charge on any atom is 0.268 e. The van der Waals surface area contributed by atoms with Crippen molar-refractivity contribution in [1.29, 1.82) is 0 Å². The Labute approximate surface area is 114 Å². The molecule has 3 N–H and O–H groups in total. The van der Waals surface area contributed by atoms with Crippen LogP contribution in [0.3, 0.4) is 0 Å². The van der Waals surface area contributed by atoms with Gasteiger partial charge in [0.1, 0.15) is 5.69 Å². The zero-order valence-electron chi connectivity index (χ0n) is 12.0. The molecular weight excluding hydrogens is 240 g/mol. The fourth-order valence-electron chi connectivity index (χ4n) is 2.65. The third-order valence-corrected chi connectivity index (χ3v) is 3.83. The molecule has 0 radical (unpaired) electrons. The number of likely N-dealkylation sites (N-methyl/N-ethyl adjacent to an activating group) is 1. The Morgan fingerprint density at radius 1 is 1.58 bits per heavy atom. The first-order valence-corrected chi connectivity index (χ1v) is 6.95. The number of nitrogens with one attached hydrogen (secondary N) is 1. The highest BCUT2D eigenvalue weighted by atomic mass is 16.1. The second-order valence-corrected chi connectivity index (χ2v) is 5.65. The molecule has 1 aromatic heterocycles. The number of amides is 1. The summed E-state index contributed by atoms with van der Waals surface area (Å²) in [4.78, 5) is 14.5. The van der Waals surface area contributed by atoms with Crippen LogP contribution in [0.4, 0.5) is 5.69 Å². The lowest BCUT2D eigenvalue weighted by molar-refractivity contribution is 0.0933. The molecule has 1 fully saturated rings. The number of rotatable bonds is 4. The molecule has 1 atom stereocenters. The van der Waals surface area contributed by atoms with Crippen molar-refractivity contribution >= 4 is 11.6 Å². The maximum atomic E-state index is 12.2. The van der Waals surface area contributed by atoms with Crippen LogP contribution in [0.25, 0.3) is 0 Å². The molecule has 0 aliphatic carbocycles. The number of hydrogen-bond acceptors (Lipinski definition) is 3. The monoisotopic (exact) mass is 264 g/mol. The van der Waals surface area contributed by atoms with Gasteiger partial charge in [0, 0.05) is 24.8 Å². The molecule has 1 aliphatic heterocycles. The minimum absolute atomic E-state index is 0.0364. The zero-order valence-corrected chi connectivity index (χ0v) is 12.0. The topological polar surface area (TPSA) is 63.3 Å². The number of aromatic nitrogens is 1. The molecule has 1 amide bonds. The van der Waals surface area contributed by atoms with Crippen LogP contribution in [-0.4, -0.2) is 41.6 Å². The molecule has 0 spiro atoms. The van der Waals surface area contributed by atoms with E-state index in [4.69, 9.17) is 5.73 Å². The van der Waals surface area contributed by atoms with Gasteiger partial charge in [-0.2, -0.15) is 0 Å². The van der Waals surface area contributed by atoms with Gasteiger partial charge in [0.05, 0.1) is 5.69 Å². The SMILES string of the molecule is CC(C)n1cc(N)cc1C(=O)NCC1CCCN1C. The maximum absolute atomic E-state index is 12.2. The number of anilines is 1.